The maximum absolute atomic E-state index is 12.6. The highest BCUT2D eigenvalue weighted by atomic mass is 16.5. The van der Waals surface area contributed by atoms with Crippen molar-refractivity contribution in [3.8, 4) is 5.75 Å². The van der Waals surface area contributed by atoms with Crippen LogP contribution in [0, 0.1) is 0 Å². The lowest BCUT2D eigenvalue weighted by atomic mass is 9.76. The average molecular weight is 319 g/mol. The number of hydrogen-bond donors (Lipinski definition) is 0. The predicted octanol–water partition coefficient (Wildman–Crippen LogP) is 2.95. The molecule has 5 heteroatoms. The number of nitrogens with zero attached hydrogens (tertiary/aromatic N) is 1. The molecule has 0 fully saturated rings. The first kappa shape index (κ1) is 17.5. The average Bonchev–Trinajstić information content (AvgIpc) is 2.48. The Hall–Kier alpha value is -1.88. The highest BCUT2D eigenvalue weighted by Crippen LogP contribution is 2.43. The van der Waals surface area contributed by atoms with Crippen LogP contribution in [0.3, 0.4) is 0 Å². The zero-order valence-corrected chi connectivity index (χ0v) is 14.6. The van der Waals surface area contributed by atoms with Crippen LogP contribution in [0.15, 0.2) is 12.1 Å². The molecule has 1 aromatic carbocycles. The molecule has 0 saturated heterocycles. The third-order valence-corrected chi connectivity index (χ3v) is 4.34. The van der Waals surface area contributed by atoms with Gasteiger partial charge in [-0.05, 0) is 31.0 Å². The minimum atomic E-state index is -0.285. The van der Waals surface area contributed by atoms with Crippen molar-refractivity contribution in [2.24, 2.45) is 0 Å². The normalized spacial score (nSPS) is 16.2. The summed E-state index contributed by atoms with van der Waals surface area (Å²) >= 11 is 0. The van der Waals surface area contributed by atoms with Crippen LogP contribution in [0.25, 0.3) is 0 Å². The van der Waals surface area contributed by atoms with E-state index in [0.29, 0.717) is 30.9 Å². The Kier molecular flexibility index (Phi) is 5.09. The molecule has 0 radical (unpaired) electrons. The number of amides is 1. The largest absolute Gasteiger partial charge is 0.496 e. The predicted molar refractivity (Wildman–Crippen MR) is 89.5 cm³/mol. The van der Waals surface area contributed by atoms with Crippen molar-refractivity contribution in [3.63, 3.8) is 0 Å². The number of ketones is 1. The van der Waals surface area contributed by atoms with Gasteiger partial charge >= 0.3 is 0 Å². The van der Waals surface area contributed by atoms with Crippen LogP contribution in [0.5, 0.6) is 5.75 Å². The Balaban J connectivity index is 2.54. The Morgan fingerprint density at radius 3 is 2.57 bits per heavy atom. The molecule has 1 amide bonds. The molecule has 2 rings (SSSR count). The number of benzene rings is 1. The lowest BCUT2D eigenvalue weighted by Crippen LogP contribution is -2.42. The number of hydrogen-bond acceptors (Lipinski definition) is 4. The van der Waals surface area contributed by atoms with Gasteiger partial charge in [-0.1, -0.05) is 13.8 Å². The fourth-order valence-electron chi connectivity index (χ4n) is 3.09. The highest BCUT2D eigenvalue weighted by molar-refractivity contribution is 6.02. The van der Waals surface area contributed by atoms with Crippen LogP contribution in [0.4, 0.5) is 5.69 Å². The fraction of sp³-hybridized carbons (Fsp3) is 0.556. The number of fused-ring (bicyclic) bond motifs is 1. The number of ether oxygens (including phenoxy) is 2. The van der Waals surface area contributed by atoms with E-state index in [0.717, 1.165) is 17.7 Å². The monoisotopic (exact) mass is 319 g/mol. The summed E-state index contributed by atoms with van der Waals surface area (Å²) < 4.78 is 10.5. The molecule has 126 valence electrons. The topological polar surface area (TPSA) is 55.8 Å². The second-order valence-corrected chi connectivity index (χ2v) is 6.58. The number of methoxy groups -OCH3 is 2. The summed E-state index contributed by atoms with van der Waals surface area (Å²) in [5.41, 5.74) is 2.07. The fourth-order valence-corrected chi connectivity index (χ4v) is 3.09. The van der Waals surface area contributed by atoms with Crippen molar-refractivity contribution in [2.75, 3.05) is 32.3 Å². The molecule has 0 spiro atoms. The molecule has 1 aliphatic heterocycles. The quantitative estimate of drug-likeness (QED) is 0.597. The van der Waals surface area contributed by atoms with Crippen molar-refractivity contribution < 1.29 is 19.1 Å². The number of carbonyl (C=O) groups is 2. The van der Waals surface area contributed by atoms with Gasteiger partial charge in [0.25, 0.3) is 0 Å². The minimum Gasteiger partial charge on any atom is -0.496 e. The van der Waals surface area contributed by atoms with Gasteiger partial charge in [0.2, 0.25) is 5.91 Å². The number of Topliss-reactive ketones (excluding diaryl/α,β-unsaturated/α-hetero) is 1. The maximum atomic E-state index is 12.6. The first-order valence-corrected chi connectivity index (χ1v) is 7.84. The van der Waals surface area contributed by atoms with E-state index in [-0.39, 0.29) is 17.1 Å². The highest BCUT2D eigenvalue weighted by Gasteiger charge is 2.37. The van der Waals surface area contributed by atoms with Gasteiger partial charge in [0.15, 0.2) is 5.78 Å². The Morgan fingerprint density at radius 2 is 2.00 bits per heavy atom. The van der Waals surface area contributed by atoms with Gasteiger partial charge in [-0.15, -0.1) is 0 Å². The second kappa shape index (κ2) is 6.71. The van der Waals surface area contributed by atoms with Gasteiger partial charge < -0.3 is 14.4 Å². The van der Waals surface area contributed by atoms with E-state index in [1.165, 1.54) is 6.92 Å². The van der Waals surface area contributed by atoms with Gasteiger partial charge in [0.1, 0.15) is 5.75 Å². The SMILES string of the molecule is COCCCN1C(=O)CC(C)(C)c2cc(OC)c(C(C)=O)cc21. The summed E-state index contributed by atoms with van der Waals surface area (Å²) in [7, 11) is 3.21. The summed E-state index contributed by atoms with van der Waals surface area (Å²) in [5, 5.41) is 0. The summed E-state index contributed by atoms with van der Waals surface area (Å²) in [5.74, 6) is 0.575. The molecule has 1 aliphatic rings. The summed E-state index contributed by atoms with van der Waals surface area (Å²) in [6.07, 6.45) is 1.19. The van der Waals surface area contributed by atoms with E-state index in [1.807, 2.05) is 19.9 Å². The molecule has 23 heavy (non-hydrogen) atoms. The van der Waals surface area contributed by atoms with Gasteiger partial charge in [-0.25, -0.2) is 0 Å². The Bertz CT molecular complexity index is 622. The lowest BCUT2D eigenvalue weighted by molar-refractivity contribution is -0.120. The van der Waals surface area contributed by atoms with Crippen molar-refractivity contribution in [1.29, 1.82) is 0 Å². The van der Waals surface area contributed by atoms with Crippen LogP contribution >= 0.6 is 0 Å². The van der Waals surface area contributed by atoms with Gasteiger partial charge in [-0.3, -0.25) is 9.59 Å². The van der Waals surface area contributed by atoms with E-state index in [4.69, 9.17) is 9.47 Å². The molecule has 1 heterocycles. The third kappa shape index (κ3) is 3.39. The number of anilines is 1. The molecular formula is C18H25NO4. The van der Waals surface area contributed by atoms with E-state index >= 15 is 0 Å². The molecule has 0 bridgehead atoms. The van der Waals surface area contributed by atoms with Gasteiger partial charge in [0.05, 0.1) is 12.7 Å². The van der Waals surface area contributed by atoms with Crippen molar-refractivity contribution in [3.05, 3.63) is 23.3 Å². The summed E-state index contributed by atoms with van der Waals surface area (Å²) in [4.78, 5) is 26.3. The standard InChI is InChI=1S/C18H25NO4/c1-12(20)13-9-15-14(10-16(13)23-5)18(2,3)11-17(21)19(15)7-6-8-22-4/h9-10H,6-8,11H2,1-5H3. The van der Waals surface area contributed by atoms with Crippen molar-refractivity contribution in [2.45, 2.75) is 39.0 Å². The van der Waals surface area contributed by atoms with Gasteiger partial charge in [0, 0.05) is 37.8 Å². The van der Waals surface area contributed by atoms with Gasteiger partial charge in [-0.2, -0.15) is 0 Å². The molecule has 0 atom stereocenters. The first-order valence-electron chi connectivity index (χ1n) is 7.84. The Labute approximate surface area is 137 Å². The zero-order chi connectivity index (χ0) is 17.2. The van der Waals surface area contributed by atoms with E-state index in [2.05, 4.69) is 0 Å². The van der Waals surface area contributed by atoms with Crippen LogP contribution in [-0.4, -0.2) is 39.1 Å². The van der Waals surface area contributed by atoms with Crippen LogP contribution < -0.4 is 9.64 Å². The molecule has 1 aromatic rings. The lowest BCUT2D eigenvalue weighted by Gasteiger charge is -2.39. The minimum absolute atomic E-state index is 0.0719. The van der Waals surface area contributed by atoms with E-state index in [1.54, 1.807) is 25.2 Å². The molecule has 0 aliphatic carbocycles. The molecule has 5 nitrogen and oxygen atoms in total. The third-order valence-electron chi connectivity index (χ3n) is 4.34. The molecule has 0 unspecified atom stereocenters. The smallest absolute Gasteiger partial charge is 0.227 e. The summed E-state index contributed by atoms with van der Waals surface area (Å²) in [6, 6.07) is 3.70. The maximum Gasteiger partial charge on any atom is 0.227 e. The number of rotatable bonds is 6. The molecule has 0 N–H and O–H groups in total. The number of carbonyl (C=O) groups excluding carboxylic acids is 2. The van der Waals surface area contributed by atoms with Crippen LogP contribution in [0.2, 0.25) is 0 Å². The van der Waals surface area contributed by atoms with E-state index < -0.39 is 0 Å². The van der Waals surface area contributed by atoms with Crippen molar-refractivity contribution in [1.82, 2.24) is 0 Å². The molecule has 0 saturated carbocycles. The zero-order valence-electron chi connectivity index (χ0n) is 14.6. The van der Waals surface area contributed by atoms with Crippen LogP contribution in [0.1, 0.15) is 49.5 Å². The second-order valence-electron chi connectivity index (χ2n) is 6.58. The Morgan fingerprint density at radius 1 is 1.30 bits per heavy atom. The molecular weight excluding hydrogens is 294 g/mol. The van der Waals surface area contributed by atoms with Crippen molar-refractivity contribution >= 4 is 17.4 Å². The summed E-state index contributed by atoms with van der Waals surface area (Å²) in [6.45, 7) is 6.78. The van der Waals surface area contributed by atoms with Crippen LogP contribution in [-0.2, 0) is 14.9 Å². The first-order chi connectivity index (χ1) is 10.8. The van der Waals surface area contributed by atoms with E-state index in [9.17, 15) is 9.59 Å². The molecule has 0 aromatic heterocycles.